The number of fused-ring (bicyclic) bond motifs is 1. The lowest BCUT2D eigenvalue weighted by atomic mass is 10.2. The van der Waals surface area contributed by atoms with Crippen molar-refractivity contribution >= 4 is 35.3 Å². The minimum Gasteiger partial charge on any atom is -0.311 e. The summed E-state index contributed by atoms with van der Waals surface area (Å²) in [5.41, 5.74) is 3.12. The molecular weight excluding hydrogens is 264 g/mol. The average Bonchev–Trinajstić information content (AvgIpc) is 2.65. The Morgan fingerprint density at radius 2 is 2.16 bits per heavy atom. The first kappa shape index (κ1) is 15.5. The fourth-order valence-electron chi connectivity index (χ4n) is 1.98. The Kier molecular flexibility index (Phi) is 5.32. The van der Waals surface area contributed by atoms with Gasteiger partial charge in [-0.05, 0) is 38.6 Å². The first-order valence-electron chi connectivity index (χ1n) is 6.07. The largest absolute Gasteiger partial charge is 0.311 e. The number of hydrogen-bond donors (Lipinski definition) is 2. The van der Waals surface area contributed by atoms with Gasteiger partial charge in [0.05, 0.1) is 17.6 Å². The van der Waals surface area contributed by atoms with Gasteiger partial charge in [-0.15, -0.1) is 12.4 Å². The summed E-state index contributed by atoms with van der Waals surface area (Å²) in [5, 5.41) is 5.64. The van der Waals surface area contributed by atoms with Crippen LogP contribution in [0.15, 0.2) is 18.2 Å². The quantitative estimate of drug-likeness (QED) is 0.901. The van der Waals surface area contributed by atoms with E-state index in [-0.39, 0.29) is 24.9 Å². The third kappa shape index (κ3) is 3.24. The molecule has 19 heavy (non-hydrogen) atoms. The summed E-state index contributed by atoms with van der Waals surface area (Å²) in [5.74, 6) is 0.526. The molecule has 0 aliphatic carbocycles. The maximum absolute atomic E-state index is 11.6. The topological polar surface area (TPSA) is 59.0 Å². The van der Waals surface area contributed by atoms with Crippen LogP contribution in [0.2, 0.25) is 0 Å². The molecule has 0 spiro atoms. The first-order chi connectivity index (χ1) is 8.65. The molecule has 6 heteroatoms. The number of amides is 1. The molecule has 1 aromatic carbocycles. The van der Waals surface area contributed by atoms with Crippen molar-refractivity contribution in [2.75, 3.05) is 18.9 Å². The summed E-state index contributed by atoms with van der Waals surface area (Å²) >= 11 is 0. The molecule has 2 aromatic rings. The van der Waals surface area contributed by atoms with Gasteiger partial charge in [0.1, 0.15) is 0 Å². The fraction of sp³-hybridized carbons (Fsp3) is 0.385. The number of halogens is 1. The van der Waals surface area contributed by atoms with E-state index >= 15 is 0 Å². The van der Waals surface area contributed by atoms with Crippen molar-refractivity contribution in [3.8, 4) is 0 Å². The number of aryl methyl sites for hydroxylation is 2. The van der Waals surface area contributed by atoms with Gasteiger partial charge in [0.2, 0.25) is 11.9 Å². The Labute approximate surface area is 118 Å². The van der Waals surface area contributed by atoms with Gasteiger partial charge in [-0.1, -0.05) is 6.07 Å². The monoisotopic (exact) mass is 282 g/mol. The van der Waals surface area contributed by atoms with Crippen molar-refractivity contribution in [1.82, 2.24) is 14.9 Å². The number of hydrogen-bond acceptors (Lipinski definition) is 3. The molecule has 2 N–H and O–H groups in total. The molecule has 0 fully saturated rings. The minimum absolute atomic E-state index is 0. The summed E-state index contributed by atoms with van der Waals surface area (Å²) in [6.07, 6.45) is 0. The van der Waals surface area contributed by atoms with Crippen LogP contribution in [0.5, 0.6) is 0 Å². The molecule has 0 radical (unpaired) electrons. The van der Waals surface area contributed by atoms with Gasteiger partial charge in [0.15, 0.2) is 0 Å². The highest BCUT2D eigenvalue weighted by Crippen LogP contribution is 2.20. The zero-order chi connectivity index (χ0) is 13.1. The predicted molar refractivity (Wildman–Crippen MR) is 79.9 cm³/mol. The molecule has 1 amide bonds. The van der Waals surface area contributed by atoms with Gasteiger partial charge in [-0.2, -0.15) is 0 Å². The van der Waals surface area contributed by atoms with Crippen LogP contribution in [0, 0.1) is 6.92 Å². The molecule has 2 rings (SSSR count). The number of aromatic nitrogens is 2. The third-order valence-electron chi connectivity index (χ3n) is 2.81. The molecule has 0 saturated heterocycles. The van der Waals surface area contributed by atoms with Crippen LogP contribution in [0.3, 0.4) is 0 Å². The first-order valence-corrected chi connectivity index (χ1v) is 6.07. The second-order valence-electron chi connectivity index (χ2n) is 4.25. The van der Waals surface area contributed by atoms with Crippen molar-refractivity contribution in [3.63, 3.8) is 0 Å². The van der Waals surface area contributed by atoms with Gasteiger partial charge in [0.25, 0.3) is 0 Å². The predicted octanol–water partition coefficient (Wildman–Crippen LogP) is 1.94. The van der Waals surface area contributed by atoms with Crippen LogP contribution in [0.1, 0.15) is 12.5 Å². The molecule has 0 aliphatic heterocycles. The minimum atomic E-state index is -0.0840. The Morgan fingerprint density at radius 1 is 1.42 bits per heavy atom. The van der Waals surface area contributed by atoms with Crippen molar-refractivity contribution in [3.05, 3.63) is 23.8 Å². The maximum atomic E-state index is 11.6. The molecule has 1 heterocycles. The van der Waals surface area contributed by atoms with Gasteiger partial charge in [-0.25, -0.2) is 4.98 Å². The summed E-state index contributed by atoms with van der Waals surface area (Å²) in [4.78, 5) is 16.1. The van der Waals surface area contributed by atoms with E-state index in [4.69, 9.17) is 0 Å². The zero-order valence-corrected chi connectivity index (χ0v) is 12.2. The Balaban J connectivity index is 0.00000180. The van der Waals surface area contributed by atoms with Crippen molar-refractivity contribution in [2.45, 2.75) is 20.4 Å². The highest BCUT2D eigenvalue weighted by Gasteiger charge is 2.11. The number of carbonyl (C=O) groups is 1. The second-order valence-corrected chi connectivity index (χ2v) is 4.25. The van der Waals surface area contributed by atoms with Gasteiger partial charge in [0, 0.05) is 6.54 Å². The van der Waals surface area contributed by atoms with Crippen LogP contribution in [0.25, 0.3) is 11.0 Å². The fourth-order valence-corrected chi connectivity index (χ4v) is 1.98. The van der Waals surface area contributed by atoms with Crippen molar-refractivity contribution in [2.24, 2.45) is 0 Å². The van der Waals surface area contributed by atoms with E-state index in [9.17, 15) is 4.79 Å². The van der Waals surface area contributed by atoms with E-state index in [0.717, 1.165) is 23.1 Å². The molecular formula is C13H19ClN4O. The lowest BCUT2D eigenvalue weighted by Crippen LogP contribution is -2.26. The Morgan fingerprint density at radius 3 is 2.79 bits per heavy atom. The van der Waals surface area contributed by atoms with E-state index in [1.165, 1.54) is 0 Å². The maximum Gasteiger partial charge on any atom is 0.240 e. The van der Waals surface area contributed by atoms with Crippen molar-refractivity contribution in [1.29, 1.82) is 0 Å². The highest BCUT2D eigenvalue weighted by atomic mass is 35.5. The molecule has 0 bridgehead atoms. The van der Waals surface area contributed by atoms with Crippen molar-refractivity contribution < 1.29 is 4.79 Å². The summed E-state index contributed by atoms with van der Waals surface area (Å²) in [7, 11) is 1.74. The number of likely N-dealkylation sites (N-methyl/N-ethyl adjacent to an activating group) is 1. The Bertz CT molecular complexity index is 579. The SMILES string of the molecule is CCn1c(NC(=O)CNC)nc2cc(C)ccc21.Cl. The van der Waals surface area contributed by atoms with Crippen LogP contribution in [0.4, 0.5) is 5.95 Å². The highest BCUT2D eigenvalue weighted by molar-refractivity contribution is 5.92. The molecule has 1 aromatic heterocycles. The molecule has 0 atom stereocenters. The summed E-state index contributed by atoms with van der Waals surface area (Å²) in [6, 6.07) is 6.11. The van der Waals surface area contributed by atoms with E-state index in [1.807, 2.05) is 30.5 Å². The normalized spacial score (nSPS) is 10.3. The van der Waals surface area contributed by atoms with E-state index in [1.54, 1.807) is 7.05 Å². The van der Waals surface area contributed by atoms with Crippen LogP contribution < -0.4 is 10.6 Å². The van der Waals surface area contributed by atoms with E-state index < -0.39 is 0 Å². The van der Waals surface area contributed by atoms with Gasteiger partial charge in [-0.3, -0.25) is 10.1 Å². The van der Waals surface area contributed by atoms with Gasteiger partial charge < -0.3 is 9.88 Å². The Hall–Kier alpha value is -1.59. The number of benzene rings is 1. The number of nitrogens with zero attached hydrogens (tertiary/aromatic N) is 2. The van der Waals surface area contributed by atoms with Crippen LogP contribution in [-0.4, -0.2) is 29.1 Å². The third-order valence-corrected chi connectivity index (χ3v) is 2.81. The molecule has 104 valence electrons. The number of carbonyl (C=O) groups excluding carboxylic acids is 1. The zero-order valence-electron chi connectivity index (χ0n) is 11.4. The van der Waals surface area contributed by atoms with Gasteiger partial charge >= 0.3 is 0 Å². The lowest BCUT2D eigenvalue weighted by molar-refractivity contribution is -0.115. The standard InChI is InChI=1S/C13H18N4O.ClH/c1-4-17-11-6-5-9(2)7-10(11)15-13(17)16-12(18)8-14-3;/h5-7,14H,4,8H2,1-3H3,(H,15,16,18);1H. The lowest BCUT2D eigenvalue weighted by Gasteiger charge is -2.07. The molecule has 0 unspecified atom stereocenters. The molecule has 0 saturated carbocycles. The second kappa shape index (κ2) is 6.54. The number of nitrogens with one attached hydrogen (secondary N) is 2. The van der Waals surface area contributed by atoms with E-state index in [2.05, 4.69) is 21.7 Å². The number of imidazole rings is 1. The number of rotatable bonds is 4. The molecule has 5 nitrogen and oxygen atoms in total. The summed E-state index contributed by atoms with van der Waals surface area (Å²) in [6.45, 7) is 5.12. The van der Waals surface area contributed by atoms with Crippen LogP contribution in [-0.2, 0) is 11.3 Å². The molecule has 0 aliphatic rings. The van der Waals surface area contributed by atoms with E-state index in [0.29, 0.717) is 5.95 Å². The smallest absolute Gasteiger partial charge is 0.240 e. The summed E-state index contributed by atoms with van der Waals surface area (Å²) < 4.78 is 2.00. The van der Waals surface area contributed by atoms with Crippen LogP contribution >= 0.6 is 12.4 Å². The number of anilines is 1. The average molecular weight is 283 g/mol.